The molecule has 0 aliphatic heterocycles. The molecule has 6 heteroatoms. The molecular weight excluding hydrogens is 324 g/mol. The molecule has 24 heavy (non-hydrogen) atoms. The quantitative estimate of drug-likeness (QED) is 0.525. The van der Waals surface area contributed by atoms with Gasteiger partial charge in [0.2, 0.25) is 5.91 Å². The molecule has 3 N–H and O–H groups in total. The second-order valence-corrected chi connectivity index (χ2v) is 5.87. The molecule has 0 saturated heterocycles. The second-order valence-electron chi connectivity index (χ2n) is 5.46. The molecule has 0 aliphatic rings. The Kier molecular flexibility index (Phi) is 6.96. The van der Waals surface area contributed by atoms with Crippen molar-refractivity contribution in [1.29, 1.82) is 0 Å². The summed E-state index contributed by atoms with van der Waals surface area (Å²) in [7, 11) is 0. The zero-order chi connectivity index (χ0) is 17.4. The molecule has 0 aliphatic carbocycles. The number of aliphatic hydroxyl groups excluding tert-OH is 1. The molecule has 5 nitrogen and oxygen atoms in total. The lowest BCUT2D eigenvalue weighted by Crippen LogP contribution is -2.33. The number of hydrogen-bond donors (Lipinski definition) is 3. The summed E-state index contributed by atoms with van der Waals surface area (Å²) in [4.78, 5) is 11.7. The zero-order valence-electron chi connectivity index (χ0n) is 13.7. The lowest BCUT2D eigenvalue weighted by atomic mass is 10.1. The van der Waals surface area contributed by atoms with Crippen LogP contribution in [0.15, 0.2) is 40.8 Å². The lowest BCUT2D eigenvalue weighted by molar-refractivity contribution is -0.119. The number of hydrogen-bond acceptors (Lipinski definition) is 4. The number of thiocarbonyl (C=S) groups is 1. The molecule has 1 aromatic heterocycles. The van der Waals surface area contributed by atoms with E-state index in [-0.39, 0.29) is 12.5 Å². The highest BCUT2D eigenvalue weighted by molar-refractivity contribution is 7.80. The first kappa shape index (κ1) is 18.2. The van der Waals surface area contributed by atoms with E-state index in [0.29, 0.717) is 23.1 Å². The van der Waals surface area contributed by atoms with Gasteiger partial charge in [-0.1, -0.05) is 19.8 Å². The van der Waals surface area contributed by atoms with Crippen LogP contribution in [0.5, 0.6) is 0 Å². The van der Waals surface area contributed by atoms with E-state index in [0.717, 1.165) is 30.5 Å². The van der Waals surface area contributed by atoms with Crippen molar-refractivity contribution in [3.05, 3.63) is 42.2 Å². The normalized spacial score (nSPS) is 10.4. The minimum Gasteiger partial charge on any atom is -0.459 e. The van der Waals surface area contributed by atoms with Gasteiger partial charge >= 0.3 is 0 Å². The van der Waals surface area contributed by atoms with E-state index in [1.807, 2.05) is 30.3 Å². The van der Waals surface area contributed by atoms with Gasteiger partial charge in [0.05, 0.1) is 0 Å². The summed E-state index contributed by atoms with van der Waals surface area (Å²) < 4.78 is 5.49. The number of anilines is 1. The second kappa shape index (κ2) is 9.20. The fourth-order valence-corrected chi connectivity index (χ4v) is 2.45. The maximum Gasteiger partial charge on any atom is 0.226 e. The molecule has 1 heterocycles. The van der Waals surface area contributed by atoms with Crippen LogP contribution in [0, 0.1) is 0 Å². The number of rotatable bonds is 7. The first-order valence-corrected chi connectivity index (χ1v) is 8.44. The minimum atomic E-state index is -0.119. The van der Waals surface area contributed by atoms with Crippen LogP contribution in [-0.2, 0) is 11.4 Å². The first-order chi connectivity index (χ1) is 11.6. The third kappa shape index (κ3) is 5.47. The Labute approximate surface area is 147 Å². The molecule has 0 atom stereocenters. The Balaban J connectivity index is 1.86. The molecule has 1 aromatic carbocycles. The number of unbranched alkanes of at least 4 members (excludes halogenated alkanes) is 2. The molecule has 2 rings (SSSR count). The van der Waals surface area contributed by atoms with E-state index in [2.05, 4.69) is 17.6 Å². The van der Waals surface area contributed by atoms with E-state index >= 15 is 0 Å². The van der Waals surface area contributed by atoms with Crippen molar-refractivity contribution in [3.8, 4) is 11.3 Å². The van der Waals surface area contributed by atoms with Crippen LogP contribution in [0.3, 0.4) is 0 Å². The number of carbonyl (C=O) groups excluding carboxylic acids is 1. The number of carbonyl (C=O) groups is 1. The van der Waals surface area contributed by atoms with Crippen LogP contribution in [0.4, 0.5) is 5.69 Å². The predicted octanol–water partition coefficient (Wildman–Crippen LogP) is 3.83. The smallest absolute Gasteiger partial charge is 0.226 e. The largest absolute Gasteiger partial charge is 0.459 e. The van der Waals surface area contributed by atoms with Crippen molar-refractivity contribution in [2.75, 3.05) is 5.32 Å². The first-order valence-electron chi connectivity index (χ1n) is 8.03. The van der Waals surface area contributed by atoms with Crippen molar-refractivity contribution in [1.82, 2.24) is 5.32 Å². The average Bonchev–Trinajstić information content (AvgIpc) is 3.04. The van der Waals surface area contributed by atoms with Crippen molar-refractivity contribution in [2.24, 2.45) is 0 Å². The molecule has 0 saturated carbocycles. The fourth-order valence-electron chi connectivity index (χ4n) is 2.22. The highest BCUT2D eigenvalue weighted by Crippen LogP contribution is 2.23. The molecule has 0 bridgehead atoms. The summed E-state index contributed by atoms with van der Waals surface area (Å²) in [5, 5.41) is 15.0. The summed E-state index contributed by atoms with van der Waals surface area (Å²) in [6.45, 7) is 1.98. The van der Waals surface area contributed by atoms with Crippen LogP contribution in [0.1, 0.15) is 38.4 Å². The Morgan fingerprint density at radius 2 is 1.92 bits per heavy atom. The summed E-state index contributed by atoms with van der Waals surface area (Å²) >= 11 is 5.15. The maximum absolute atomic E-state index is 11.7. The standard InChI is InChI=1S/C18H22N2O3S/c1-2-3-4-5-17(22)20-18(24)19-14-8-6-13(7-9-14)16-11-10-15(12-21)23-16/h6-11,21H,2-5,12H2,1H3,(H2,19,20,22,24). The van der Waals surface area contributed by atoms with E-state index in [1.54, 1.807) is 6.07 Å². The van der Waals surface area contributed by atoms with E-state index in [9.17, 15) is 4.79 Å². The third-order valence-electron chi connectivity index (χ3n) is 3.51. The molecule has 0 radical (unpaired) electrons. The predicted molar refractivity (Wildman–Crippen MR) is 98.6 cm³/mol. The van der Waals surface area contributed by atoms with Gasteiger partial charge in [-0.05, 0) is 55.0 Å². The average molecular weight is 346 g/mol. The molecule has 0 spiro atoms. The fraction of sp³-hybridized carbons (Fsp3) is 0.333. The third-order valence-corrected chi connectivity index (χ3v) is 3.71. The Morgan fingerprint density at radius 1 is 1.17 bits per heavy atom. The van der Waals surface area contributed by atoms with Gasteiger partial charge in [0.1, 0.15) is 18.1 Å². The number of furan rings is 1. The number of nitrogens with one attached hydrogen (secondary N) is 2. The molecule has 1 amide bonds. The number of amides is 1. The van der Waals surface area contributed by atoms with E-state index < -0.39 is 0 Å². The van der Waals surface area contributed by atoms with Crippen LogP contribution in [-0.4, -0.2) is 16.1 Å². The van der Waals surface area contributed by atoms with Crippen molar-refractivity contribution in [3.63, 3.8) is 0 Å². The van der Waals surface area contributed by atoms with E-state index in [4.69, 9.17) is 21.7 Å². The monoisotopic (exact) mass is 346 g/mol. The summed E-state index contributed by atoms with van der Waals surface area (Å²) in [6.07, 6.45) is 3.48. The van der Waals surface area contributed by atoms with Crippen LogP contribution >= 0.6 is 12.2 Å². The van der Waals surface area contributed by atoms with Crippen LogP contribution < -0.4 is 10.6 Å². The molecular formula is C18H22N2O3S. The Morgan fingerprint density at radius 3 is 2.54 bits per heavy atom. The molecule has 0 fully saturated rings. The van der Waals surface area contributed by atoms with E-state index in [1.165, 1.54) is 0 Å². The molecule has 2 aromatic rings. The SMILES string of the molecule is CCCCCC(=O)NC(=S)Nc1ccc(-c2ccc(CO)o2)cc1. The van der Waals surface area contributed by atoms with Gasteiger partial charge in [0.15, 0.2) is 5.11 Å². The van der Waals surface area contributed by atoms with Gasteiger partial charge in [-0.3, -0.25) is 4.79 Å². The van der Waals surface area contributed by atoms with Gasteiger partial charge in [-0.15, -0.1) is 0 Å². The van der Waals surface area contributed by atoms with Crippen LogP contribution in [0.2, 0.25) is 0 Å². The number of aliphatic hydroxyl groups is 1. The van der Waals surface area contributed by atoms with Crippen molar-refractivity contribution < 1.29 is 14.3 Å². The summed E-state index contributed by atoms with van der Waals surface area (Å²) in [6, 6.07) is 11.0. The summed E-state index contributed by atoms with van der Waals surface area (Å²) in [5.74, 6) is 1.15. The van der Waals surface area contributed by atoms with Gasteiger partial charge in [-0.25, -0.2) is 0 Å². The minimum absolute atomic E-state index is 0.0651. The van der Waals surface area contributed by atoms with Gasteiger partial charge in [0, 0.05) is 17.7 Å². The van der Waals surface area contributed by atoms with Gasteiger partial charge < -0.3 is 20.2 Å². The highest BCUT2D eigenvalue weighted by Gasteiger charge is 2.06. The summed E-state index contributed by atoms with van der Waals surface area (Å²) in [5.41, 5.74) is 1.68. The Hall–Kier alpha value is -2.18. The maximum atomic E-state index is 11.7. The highest BCUT2D eigenvalue weighted by atomic mass is 32.1. The van der Waals surface area contributed by atoms with Crippen molar-refractivity contribution in [2.45, 2.75) is 39.2 Å². The number of benzene rings is 1. The van der Waals surface area contributed by atoms with Gasteiger partial charge in [-0.2, -0.15) is 0 Å². The topological polar surface area (TPSA) is 74.5 Å². The Bertz CT molecular complexity index is 680. The molecule has 128 valence electrons. The van der Waals surface area contributed by atoms with Crippen molar-refractivity contribution >= 4 is 28.9 Å². The van der Waals surface area contributed by atoms with Crippen LogP contribution in [0.25, 0.3) is 11.3 Å². The zero-order valence-corrected chi connectivity index (χ0v) is 14.5. The van der Waals surface area contributed by atoms with Gasteiger partial charge in [0.25, 0.3) is 0 Å². The molecule has 0 unspecified atom stereocenters. The lowest BCUT2D eigenvalue weighted by Gasteiger charge is -2.10.